The number of aromatic nitrogens is 4. The maximum absolute atomic E-state index is 12.3. The Morgan fingerprint density at radius 1 is 1.25 bits per heavy atom. The van der Waals surface area contributed by atoms with Gasteiger partial charge in [0.15, 0.2) is 5.82 Å². The summed E-state index contributed by atoms with van der Waals surface area (Å²) in [4.78, 5) is 13.1. The molecule has 0 atom stereocenters. The SMILES string of the molecule is CC(C)NS(=O)(=O)c1cnc(-c2c(C#N)c3cccnc3n2C2CCC2)nc1. The van der Waals surface area contributed by atoms with E-state index < -0.39 is 10.0 Å². The Bertz CT molecular complexity index is 1170. The summed E-state index contributed by atoms with van der Waals surface area (Å²) in [7, 11) is -3.68. The number of nitrogens with zero attached hydrogens (tertiary/aromatic N) is 5. The van der Waals surface area contributed by atoms with E-state index in [9.17, 15) is 13.7 Å². The molecule has 0 saturated heterocycles. The van der Waals surface area contributed by atoms with Crippen molar-refractivity contribution in [3.8, 4) is 17.6 Å². The van der Waals surface area contributed by atoms with Crippen molar-refractivity contribution in [1.82, 2.24) is 24.2 Å². The molecule has 0 aliphatic heterocycles. The number of pyridine rings is 1. The van der Waals surface area contributed by atoms with Gasteiger partial charge in [0, 0.05) is 23.7 Å². The summed E-state index contributed by atoms with van der Waals surface area (Å²) >= 11 is 0. The monoisotopic (exact) mass is 396 g/mol. The topological polar surface area (TPSA) is 114 Å². The highest BCUT2D eigenvalue weighted by Crippen LogP contribution is 2.40. The Hall–Kier alpha value is -2.83. The van der Waals surface area contributed by atoms with Gasteiger partial charge in [0.05, 0.1) is 18.0 Å². The van der Waals surface area contributed by atoms with E-state index in [-0.39, 0.29) is 17.0 Å². The van der Waals surface area contributed by atoms with Crippen molar-refractivity contribution in [2.24, 2.45) is 0 Å². The van der Waals surface area contributed by atoms with Crippen molar-refractivity contribution in [2.75, 3.05) is 0 Å². The van der Waals surface area contributed by atoms with Gasteiger partial charge in [0.2, 0.25) is 10.0 Å². The second-order valence-corrected chi connectivity index (χ2v) is 8.90. The molecule has 0 amide bonds. The normalized spacial score (nSPS) is 14.9. The molecule has 3 aromatic heterocycles. The fourth-order valence-corrected chi connectivity index (χ4v) is 4.57. The van der Waals surface area contributed by atoms with E-state index in [1.165, 1.54) is 12.4 Å². The molecule has 1 saturated carbocycles. The minimum atomic E-state index is -3.68. The molecule has 0 aromatic carbocycles. The largest absolute Gasteiger partial charge is 0.318 e. The van der Waals surface area contributed by atoms with Crippen LogP contribution in [0.1, 0.15) is 44.7 Å². The molecule has 3 heterocycles. The van der Waals surface area contributed by atoms with Crippen LogP contribution in [0, 0.1) is 11.3 Å². The smallest absolute Gasteiger partial charge is 0.243 e. The van der Waals surface area contributed by atoms with Gasteiger partial charge < -0.3 is 4.57 Å². The van der Waals surface area contributed by atoms with Gasteiger partial charge in [-0.05, 0) is 45.2 Å². The van der Waals surface area contributed by atoms with Crippen LogP contribution in [0.15, 0.2) is 35.6 Å². The molecule has 4 rings (SSSR count). The average Bonchev–Trinajstić information content (AvgIpc) is 2.94. The molecule has 1 fully saturated rings. The van der Waals surface area contributed by atoms with E-state index in [2.05, 4.69) is 25.7 Å². The standard InChI is InChI=1S/C19H20N6O2S/c1-12(2)24-28(26,27)14-10-22-18(23-11-14)17-16(9-20)15-7-4-8-21-19(15)25(17)13-5-3-6-13/h4,7-8,10-13,24H,3,5-6H2,1-2H3. The van der Waals surface area contributed by atoms with Crippen molar-refractivity contribution in [2.45, 2.75) is 50.1 Å². The quantitative estimate of drug-likeness (QED) is 0.709. The molecule has 1 aliphatic carbocycles. The van der Waals surface area contributed by atoms with Crippen LogP contribution < -0.4 is 4.72 Å². The van der Waals surface area contributed by atoms with Gasteiger partial charge in [-0.3, -0.25) is 0 Å². The van der Waals surface area contributed by atoms with Crippen LogP contribution in [0.5, 0.6) is 0 Å². The molecular formula is C19H20N6O2S. The van der Waals surface area contributed by atoms with E-state index in [1.807, 2.05) is 10.6 Å². The number of hydrogen-bond acceptors (Lipinski definition) is 6. The zero-order valence-corrected chi connectivity index (χ0v) is 16.4. The maximum Gasteiger partial charge on any atom is 0.243 e. The number of nitrogens with one attached hydrogen (secondary N) is 1. The molecule has 0 radical (unpaired) electrons. The van der Waals surface area contributed by atoms with E-state index in [4.69, 9.17) is 0 Å². The fraction of sp³-hybridized carbons (Fsp3) is 0.368. The summed E-state index contributed by atoms with van der Waals surface area (Å²) in [6.45, 7) is 3.49. The van der Waals surface area contributed by atoms with Gasteiger partial charge in [-0.15, -0.1) is 0 Å². The molecule has 1 N–H and O–H groups in total. The second kappa shape index (κ2) is 6.96. The highest BCUT2D eigenvalue weighted by Gasteiger charge is 2.29. The first-order chi connectivity index (χ1) is 13.4. The third kappa shape index (κ3) is 3.04. The zero-order chi connectivity index (χ0) is 19.9. The van der Waals surface area contributed by atoms with Crippen molar-refractivity contribution < 1.29 is 8.42 Å². The second-order valence-electron chi connectivity index (χ2n) is 7.18. The summed E-state index contributed by atoms with van der Waals surface area (Å²) < 4.78 is 29.2. The van der Waals surface area contributed by atoms with Crippen LogP contribution in [-0.2, 0) is 10.0 Å². The summed E-state index contributed by atoms with van der Waals surface area (Å²) in [6, 6.07) is 5.93. The van der Waals surface area contributed by atoms with Gasteiger partial charge in [0.25, 0.3) is 0 Å². The maximum atomic E-state index is 12.3. The first-order valence-corrected chi connectivity index (χ1v) is 10.6. The van der Waals surface area contributed by atoms with E-state index >= 15 is 0 Å². The van der Waals surface area contributed by atoms with E-state index in [1.54, 1.807) is 26.1 Å². The Morgan fingerprint density at radius 2 is 1.96 bits per heavy atom. The molecule has 1 aliphatic rings. The third-order valence-electron chi connectivity index (χ3n) is 4.85. The molecule has 28 heavy (non-hydrogen) atoms. The highest BCUT2D eigenvalue weighted by molar-refractivity contribution is 7.89. The Balaban J connectivity index is 1.87. The average molecular weight is 396 g/mol. The number of nitriles is 1. The lowest BCUT2D eigenvalue weighted by Gasteiger charge is -2.29. The van der Waals surface area contributed by atoms with Gasteiger partial charge in [-0.25, -0.2) is 28.1 Å². The Morgan fingerprint density at radius 3 is 2.54 bits per heavy atom. The Labute approximate surface area is 163 Å². The molecule has 144 valence electrons. The summed E-state index contributed by atoms with van der Waals surface area (Å²) in [5.74, 6) is 0.324. The first-order valence-electron chi connectivity index (χ1n) is 9.16. The molecule has 3 aromatic rings. The van der Waals surface area contributed by atoms with E-state index in [0.29, 0.717) is 17.1 Å². The number of fused-ring (bicyclic) bond motifs is 1. The summed E-state index contributed by atoms with van der Waals surface area (Å²) in [6.07, 6.45) is 7.40. The van der Waals surface area contributed by atoms with Gasteiger partial charge >= 0.3 is 0 Å². The van der Waals surface area contributed by atoms with Gasteiger partial charge in [-0.2, -0.15) is 5.26 Å². The first kappa shape index (κ1) is 18.5. The highest BCUT2D eigenvalue weighted by atomic mass is 32.2. The van der Waals surface area contributed by atoms with Crippen LogP contribution in [0.25, 0.3) is 22.6 Å². The molecule has 0 spiro atoms. The van der Waals surface area contributed by atoms with E-state index in [0.717, 1.165) is 30.3 Å². The molecule has 0 unspecified atom stereocenters. The third-order valence-corrected chi connectivity index (χ3v) is 6.47. The van der Waals surface area contributed by atoms with Crippen molar-refractivity contribution in [3.05, 3.63) is 36.3 Å². The summed E-state index contributed by atoms with van der Waals surface area (Å²) in [5.41, 5.74) is 1.80. The lowest BCUT2D eigenvalue weighted by molar-refractivity contribution is 0.322. The number of sulfonamides is 1. The summed E-state index contributed by atoms with van der Waals surface area (Å²) in [5, 5.41) is 10.6. The molecule has 0 bridgehead atoms. The number of hydrogen-bond donors (Lipinski definition) is 1. The zero-order valence-electron chi connectivity index (χ0n) is 15.6. The lowest BCUT2D eigenvalue weighted by Crippen LogP contribution is -2.30. The van der Waals surface area contributed by atoms with Crippen LogP contribution in [0.3, 0.4) is 0 Å². The molecular weight excluding hydrogens is 376 g/mol. The lowest BCUT2D eigenvalue weighted by atomic mass is 9.92. The minimum absolute atomic E-state index is 0.00659. The van der Waals surface area contributed by atoms with Crippen LogP contribution in [0.2, 0.25) is 0 Å². The van der Waals surface area contributed by atoms with Gasteiger partial charge in [0.1, 0.15) is 22.3 Å². The van der Waals surface area contributed by atoms with Crippen molar-refractivity contribution in [3.63, 3.8) is 0 Å². The fourth-order valence-electron chi connectivity index (χ4n) is 3.43. The minimum Gasteiger partial charge on any atom is -0.318 e. The molecule has 8 nitrogen and oxygen atoms in total. The van der Waals surface area contributed by atoms with Crippen molar-refractivity contribution in [1.29, 1.82) is 5.26 Å². The predicted octanol–water partition coefficient (Wildman–Crippen LogP) is 2.78. The predicted molar refractivity (Wildman–Crippen MR) is 104 cm³/mol. The Kier molecular flexibility index (Phi) is 4.61. The van der Waals surface area contributed by atoms with Crippen LogP contribution >= 0.6 is 0 Å². The van der Waals surface area contributed by atoms with Gasteiger partial charge in [-0.1, -0.05) is 0 Å². The van der Waals surface area contributed by atoms with Crippen LogP contribution in [0.4, 0.5) is 0 Å². The van der Waals surface area contributed by atoms with Crippen LogP contribution in [-0.4, -0.2) is 34.0 Å². The molecule has 9 heteroatoms. The van der Waals surface area contributed by atoms with Crippen molar-refractivity contribution >= 4 is 21.1 Å². The number of rotatable bonds is 5.